The maximum absolute atomic E-state index is 12.4. The van der Waals surface area contributed by atoms with E-state index in [0.717, 1.165) is 0 Å². The molecule has 0 fully saturated rings. The Morgan fingerprint density at radius 1 is 1.25 bits per heavy atom. The van der Waals surface area contributed by atoms with E-state index >= 15 is 0 Å². The number of nitrogens with zero attached hydrogens (tertiary/aromatic N) is 1. The lowest BCUT2D eigenvalue weighted by molar-refractivity contribution is 0.0596. The standard InChI is InChI=1S/C16H14N4O4/c1-8-5-12(13(19-8)16(23)24-2)20-14(21)9-3-4-11-10(6-9)15(22)18-7-17-11/h3-7,19H,1-2H3,(H,20,21)(H,17,18,22). The number of anilines is 1. The van der Waals surface area contributed by atoms with Gasteiger partial charge in [-0.1, -0.05) is 0 Å². The van der Waals surface area contributed by atoms with Crippen LogP contribution in [0.15, 0.2) is 35.4 Å². The van der Waals surface area contributed by atoms with Crippen LogP contribution in [0.5, 0.6) is 0 Å². The Hall–Kier alpha value is -3.42. The van der Waals surface area contributed by atoms with E-state index in [9.17, 15) is 14.4 Å². The second kappa shape index (κ2) is 5.99. The number of carbonyl (C=O) groups is 2. The normalized spacial score (nSPS) is 10.6. The van der Waals surface area contributed by atoms with Crippen LogP contribution in [-0.4, -0.2) is 33.9 Å². The van der Waals surface area contributed by atoms with E-state index in [1.165, 1.54) is 19.5 Å². The minimum Gasteiger partial charge on any atom is -0.464 e. The molecule has 8 nitrogen and oxygen atoms in total. The summed E-state index contributed by atoms with van der Waals surface area (Å²) in [5, 5.41) is 2.95. The first-order valence-corrected chi connectivity index (χ1v) is 7.06. The first kappa shape index (κ1) is 15.5. The summed E-state index contributed by atoms with van der Waals surface area (Å²) in [5.74, 6) is -1.04. The summed E-state index contributed by atoms with van der Waals surface area (Å²) >= 11 is 0. The van der Waals surface area contributed by atoms with Crippen LogP contribution in [0.3, 0.4) is 0 Å². The summed E-state index contributed by atoms with van der Waals surface area (Å²) in [5.41, 5.74) is 1.60. The van der Waals surface area contributed by atoms with Crippen molar-refractivity contribution in [2.45, 2.75) is 6.92 Å². The van der Waals surface area contributed by atoms with Gasteiger partial charge in [0.1, 0.15) is 5.69 Å². The van der Waals surface area contributed by atoms with E-state index in [0.29, 0.717) is 22.3 Å². The lowest BCUT2D eigenvalue weighted by atomic mass is 10.1. The van der Waals surface area contributed by atoms with Gasteiger partial charge >= 0.3 is 5.97 Å². The molecule has 122 valence electrons. The quantitative estimate of drug-likeness (QED) is 0.632. The van der Waals surface area contributed by atoms with Crippen molar-refractivity contribution in [3.63, 3.8) is 0 Å². The zero-order valence-corrected chi connectivity index (χ0v) is 13.0. The van der Waals surface area contributed by atoms with Gasteiger partial charge in [0.25, 0.3) is 11.5 Å². The van der Waals surface area contributed by atoms with Crippen molar-refractivity contribution in [1.82, 2.24) is 15.0 Å². The van der Waals surface area contributed by atoms with Crippen LogP contribution in [-0.2, 0) is 4.74 Å². The molecule has 24 heavy (non-hydrogen) atoms. The summed E-state index contributed by atoms with van der Waals surface area (Å²) in [6.07, 6.45) is 1.30. The zero-order valence-electron chi connectivity index (χ0n) is 13.0. The van der Waals surface area contributed by atoms with Crippen LogP contribution in [0.2, 0.25) is 0 Å². The van der Waals surface area contributed by atoms with Crippen molar-refractivity contribution in [1.29, 1.82) is 0 Å². The van der Waals surface area contributed by atoms with E-state index in [-0.39, 0.29) is 16.8 Å². The minimum absolute atomic E-state index is 0.156. The molecule has 1 aromatic carbocycles. The number of aromatic amines is 2. The van der Waals surface area contributed by atoms with Crippen LogP contribution in [0.1, 0.15) is 26.5 Å². The monoisotopic (exact) mass is 326 g/mol. The Bertz CT molecular complexity index is 1000. The summed E-state index contributed by atoms with van der Waals surface area (Å²) in [6, 6.07) is 6.22. The number of hydrogen-bond acceptors (Lipinski definition) is 5. The smallest absolute Gasteiger partial charge is 0.356 e. The molecule has 3 rings (SSSR count). The Morgan fingerprint density at radius 3 is 2.79 bits per heavy atom. The molecule has 0 aliphatic carbocycles. The van der Waals surface area contributed by atoms with Gasteiger partial charge in [-0.2, -0.15) is 0 Å². The van der Waals surface area contributed by atoms with E-state index in [4.69, 9.17) is 0 Å². The van der Waals surface area contributed by atoms with E-state index in [1.54, 1.807) is 25.1 Å². The highest BCUT2D eigenvalue weighted by molar-refractivity contribution is 6.08. The molecule has 0 aliphatic rings. The molecule has 0 atom stereocenters. The average molecular weight is 326 g/mol. The predicted octanol–water partition coefficient (Wildman–Crippen LogP) is 1.60. The lowest BCUT2D eigenvalue weighted by Crippen LogP contribution is -2.15. The van der Waals surface area contributed by atoms with Crippen molar-refractivity contribution >= 4 is 28.5 Å². The number of amides is 1. The number of H-pyrrole nitrogens is 2. The van der Waals surface area contributed by atoms with Gasteiger partial charge in [-0.15, -0.1) is 0 Å². The summed E-state index contributed by atoms with van der Waals surface area (Å²) in [7, 11) is 1.26. The number of esters is 1. The van der Waals surface area contributed by atoms with Crippen molar-refractivity contribution < 1.29 is 14.3 Å². The highest BCUT2D eigenvalue weighted by Gasteiger charge is 2.18. The van der Waals surface area contributed by atoms with Crippen molar-refractivity contribution in [3.05, 3.63) is 57.9 Å². The summed E-state index contributed by atoms with van der Waals surface area (Å²) in [6.45, 7) is 1.75. The largest absolute Gasteiger partial charge is 0.464 e. The van der Waals surface area contributed by atoms with Gasteiger partial charge in [0.2, 0.25) is 0 Å². The molecule has 2 heterocycles. The van der Waals surface area contributed by atoms with E-state index in [1.807, 2.05) is 0 Å². The molecule has 3 N–H and O–H groups in total. The number of ether oxygens (including phenoxy) is 1. The molecule has 0 bridgehead atoms. The summed E-state index contributed by atoms with van der Waals surface area (Å²) < 4.78 is 4.68. The summed E-state index contributed by atoms with van der Waals surface area (Å²) in [4.78, 5) is 45.3. The molecule has 8 heteroatoms. The third kappa shape index (κ3) is 2.76. The topological polar surface area (TPSA) is 117 Å². The van der Waals surface area contributed by atoms with Gasteiger partial charge < -0.3 is 20.0 Å². The van der Waals surface area contributed by atoms with Crippen LogP contribution < -0.4 is 10.9 Å². The number of hydrogen-bond donors (Lipinski definition) is 3. The maximum Gasteiger partial charge on any atom is 0.356 e. The highest BCUT2D eigenvalue weighted by Crippen LogP contribution is 2.19. The molecule has 2 aromatic heterocycles. The Morgan fingerprint density at radius 2 is 2.04 bits per heavy atom. The highest BCUT2D eigenvalue weighted by atomic mass is 16.5. The Balaban J connectivity index is 1.95. The molecule has 0 unspecified atom stereocenters. The minimum atomic E-state index is -0.586. The number of benzene rings is 1. The van der Waals surface area contributed by atoms with Gasteiger partial charge in [-0.3, -0.25) is 9.59 Å². The van der Waals surface area contributed by atoms with Crippen molar-refractivity contribution in [2.75, 3.05) is 12.4 Å². The van der Waals surface area contributed by atoms with Crippen LogP contribution in [0.4, 0.5) is 5.69 Å². The first-order chi connectivity index (χ1) is 11.5. The molecule has 0 saturated carbocycles. The molecule has 0 spiro atoms. The average Bonchev–Trinajstić information content (AvgIpc) is 2.94. The van der Waals surface area contributed by atoms with Crippen molar-refractivity contribution in [2.24, 2.45) is 0 Å². The fourth-order valence-electron chi connectivity index (χ4n) is 2.36. The fourth-order valence-corrected chi connectivity index (χ4v) is 2.36. The van der Waals surface area contributed by atoms with E-state index < -0.39 is 11.9 Å². The second-order valence-corrected chi connectivity index (χ2v) is 5.15. The van der Waals surface area contributed by atoms with Gasteiger partial charge in [0, 0.05) is 11.3 Å². The van der Waals surface area contributed by atoms with Gasteiger partial charge in [0.05, 0.1) is 30.0 Å². The molecule has 0 saturated heterocycles. The number of rotatable bonds is 3. The number of aryl methyl sites for hydroxylation is 1. The number of methoxy groups -OCH3 is 1. The second-order valence-electron chi connectivity index (χ2n) is 5.15. The lowest BCUT2D eigenvalue weighted by Gasteiger charge is -2.06. The molecule has 0 radical (unpaired) electrons. The predicted molar refractivity (Wildman–Crippen MR) is 87.2 cm³/mol. The van der Waals surface area contributed by atoms with Crippen LogP contribution >= 0.6 is 0 Å². The molecular formula is C16H14N4O4. The fraction of sp³-hybridized carbons (Fsp3) is 0.125. The number of carbonyl (C=O) groups excluding carboxylic acids is 2. The number of aromatic nitrogens is 3. The zero-order chi connectivity index (χ0) is 17.3. The third-order valence-electron chi connectivity index (χ3n) is 3.49. The molecular weight excluding hydrogens is 312 g/mol. The Kier molecular flexibility index (Phi) is 3.87. The van der Waals surface area contributed by atoms with Crippen molar-refractivity contribution in [3.8, 4) is 0 Å². The maximum atomic E-state index is 12.4. The first-order valence-electron chi connectivity index (χ1n) is 7.06. The number of nitrogens with one attached hydrogen (secondary N) is 3. The molecule has 3 aromatic rings. The SMILES string of the molecule is COC(=O)c1[nH]c(C)cc1NC(=O)c1ccc2nc[nH]c(=O)c2c1. The van der Waals surface area contributed by atoms with Crippen LogP contribution in [0, 0.1) is 6.92 Å². The van der Waals surface area contributed by atoms with Gasteiger partial charge in [-0.05, 0) is 31.2 Å². The van der Waals surface area contributed by atoms with E-state index in [2.05, 4.69) is 25.0 Å². The molecule has 1 amide bonds. The van der Waals surface area contributed by atoms with Gasteiger partial charge in [-0.25, -0.2) is 9.78 Å². The Labute approximate surface area is 135 Å². The number of fused-ring (bicyclic) bond motifs is 1. The molecule has 0 aliphatic heterocycles. The van der Waals surface area contributed by atoms with Gasteiger partial charge in [0.15, 0.2) is 0 Å². The third-order valence-corrected chi connectivity index (χ3v) is 3.49. The van der Waals surface area contributed by atoms with Crippen LogP contribution in [0.25, 0.3) is 10.9 Å².